The Labute approximate surface area is 87.0 Å². The van der Waals surface area contributed by atoms with Gasteiger partial charge in [0.15, 0.2) is 0 Å². The molecular formula is C10H14F2N2O. The third kappa shape index (κ3) is 1.70. The molecule has 0 unspecified atom stereocenters. The first-order valence-corrected chi connectivity index (χ1v) is 4.92. The van der Waals surface area contributed by atoms with Gasteiger partial charge in [-0.15, -0.1) is 0 Å². The molecule has 3 nitrogen and oxygen atoms in total. The highest BCUT2D eigenvalue weighted by Gasteiger charge is 2.39. The van der Waals surface area contributed by atoms with Crippen molar-refractivity contribution in [1.82, 2.24) is 9.78 Å². The lowest BCUT2D eigenvalue weighted by Crippen LogP contribution is -2.32. The van der Waals surface area contributed by atoms with Crippen LogP contribution in [0.5, 0.6) is 5.88 Å². The minimum atomic E-state index is -2.92. The zero-order valence-corrected chi connectivity index (χ0v) is 9.05. The Morgan fingerprint density at radius 3 is 2.67 bits per heavy atom. The molecule has 0 atom stereocenters. The van der Waals surface area contributed by atoms with Crippen LogP contribution in [0.2, 0.25) is 0 Å². The van der Waals surface area contributed by atoms with Gasteiger partial charge in [0.05, 0.1) is 18.7 Å². The van der Waals surface area contributed by atoms with Crippen molar-refractivity contribution >= 4 is 0 Å². The van der Waals surface area contributed by atoms with Crippen LogP contribution >= 0.6 is 0 Å². The van der Waals surface area contributed by atoms with Gasteiger partial charge in [0.2, 0.25) is 5.88 Å². The maximum absolute atomic E-state index is 13.4. The molecule has 0 spiro atoms. The van der Waals surface area contributed by atoms with Crippen molar-refractivity contribution in [2.45, 2.75) is 38.7 Å². The number of nitrogens with zero attached hydrogens (tertiary/aromatic N) is 2. The highest BCUT2D eigenvalue weighted by Crippen LogP contribution is 2.36. The zero-order chi connectivity index (χ0) is 11.3. The van der Waals surface area contributed by atoms with E-state index in [1.807, 2.05) is 20.8 Å². The maximum Gasteiger partial charge on any atom is 0.349 e. The first kappa shape index (κ1) is 10.4. The molecule has 0 aliphatic carbocycles. The Bertz CT molecular complexity index is 379. The first-order chi connectivity index (χ1) is 6.81. The number of fused-ring (bicyclic) bond motifs is 1. The smallest absolute Gasteiger partial charge is 0.349 e. The molecule has 0 saturated carbocycles. The van der Waals surface area contributed by atoms with Crippen LogP contribution in [0.4, 0.5) is 8.78 Å². The van der Waals surface area contributed by atoms with Gasteiger partial charge in [0.25, 0.3) is 0 Å². The number of hydrogen-bond donors (Lipinski definition) is 0. The summed E-state index contributed by atoms with van der Waals surface area (Å²) < 4.78 is 32.7. The fourth-order valence-corrected chi connectivity index (χ4v) is 1.45. The summed E-state index contributed by atoms with van der Waals surface area (Å²) in [5.41, 5.74) is 0.378. The molecule has 1 aliphatic heterocycles. The Morgan fingerprint density at radius 2 is 2.13 bits per heavy atom. The van der Waals surface area contributed by atoms with Crippen molar-refractivity contribution in [3.63, 3.8) is 0 Å². The molecule has 0 fully saturated rings. The number of ether oxygens (including phenoxy) is 1. The summed E-state index contributed by atoms with van der Waals surface area (Å²) in [5, 5.41) is 3.92. The topological polar surface area (TPSA) is 27.1 Å². The highest BCUT2D eigenvalue weighted by molar-refractivity contribution is 5.23. The van der Waals surface area contributed by atoms with Crippen LogP contribution in [0.15, 0.2) is 6.07 Å². The van der Waals surface area contributed by atoms with Gasteiger partial charge in [-0.25, -0.2) is 0 Å². The van der Waals surface area contributed by atoms with Crippen LogP contribution in [0.1, 0.15) is 32.9 Å². The van der Waals surface area contributed by atoms with E-state index in [1.165, 1.54) is 0 Å². The molecule has 0 saturated heterocycles. The predicted molar refractivity (Wildman–Crippen MR) is 51.2 cm³/mol. The molecule has 0 aromatic carbocycles. The molecule has 15 heavy (non-hydrogen) atoms. The Kier molecular flexibility index (Phi) is 2.03. The second-order valence-electron chi connectivity index (χ2n) is 4.79. The minimum absolute atomic E-state index is 0.0439. The van der Waals surface area contributed by atoms with Crippen molar-refractivity contribution in [2.24, 2.45) is 0 Å². The summed E-state index contributed by atoms with van der Waals surface area (Å²) >= 11 is 0. The summed E-state index contributed by atoms with van der Waals surface area (Å²) in [6.07, 6.45) is -0.314. The fourth-order valence-electron chi connectivity index (χ4n) is 1.45. The van der Waals surface area contributed by atoms with Gasteiger partial charge in [-0.05, 0) is 0 Å². The Morgan fingerprint density at radius 1 is 1.47 bits per heavy atom. The van der Waals surface area contributed by atoms with Gasteiger partial charge in [-0.3, -0.25) is 0 Å². The van der Waals surface area contributed by atoms with Crippen molar-refractivity contribution in [3.8, 4) is 5.88 Å². The quantitative estimate of drug-likeness (QED) is 0.666. The molecule has 84 valence electrons. The van der Waals surface area contributed by atoms with E-state index in [9.17, 15) is 8.78 Å². The standard InChI is InChI=1S/C10H14F2N2O/c1-9(2,3)7-6-8-14(13-7)10(11,12)4-5-15-8/h6H,4-5H2,1-3H3. The van der Waals surface area contributed by atoms with E-state index in [0.29, 0.717) is 10.4 Å². The summed E-state index contributed by atoms with van der Waals surface area (Å²) in [4.78, 5) is 0. The van der Waals surface area contributed by atoms with Crippen LogP contribution in [0.25, 0.3) is 0 Å². The molecule has 2 heterocycles. The first-order valence-electron chi connectivity index (χ1n) is 4.92. The average Bonchev–Trinajstić information content (AvgIpc) is 2.47. The van der Waals surface area contributed by atoms with Crippen molar-refractivity contribution in [3.05, 3.63) is 11.8 Å². The van der Waals surface area contributed by atoms with Crippen LogP contribution in [0.3, 0.4) is 0 Å². The predicted octanol–water partition coefficient (Wildman–Crippen LogP) is 2.51. The lowest BCUT2D eigenvalue weighted by Gasteiger charge is -2.23. The van der Waals surface area contributed by atoms with Crippen LogP contribution in [-0.2, 0) is 11.5 Å². The van der Waals surface area contributed by atoms with E-state index in [4.69, 9.17) is 4.74 Å². The highest BCUT2D eigenvalue weighted by atomic mass is 19.3. The molecule has 1 aliphatic rings. The molecule has 0 radical (unpaired) electrons. The van der Waals surface area contributed by atoms with Gasteiger partial charge in [-0.2, -0.15) is 18.6 Å². The van der Waals surface area contributed by atoms with Gasteiger partial charge in [-0.1, -0.05) is 20.8 Å². The SMILES string of the molecule is CC(C)(C)c1cc2n(n1)C(F)(F)CCO2. The molecule has 5 heteroatoms. The van der Waals surface area contributed by atoms with E-state index < -0.39 is 6.05 Å². The molecule has 0 N–H and O–H groups in total. The second-order valence-corrected chi connectivity index (χ2v) is 4.79. The second kappa shape index (κ2) is 2.93. The van der Waals surface area contributed by atoms with E-state index in [1.54, 1.807) is 6.07 Å². The molecule has 1 aromatic rings. The third-order valence-corrected chi connectivity index (χ3v) is 2.41. The van der Waals surface area contributed by atoms with Crippen molar-refractivity contribution in [2.75, 3.05) is 6.61 Å². The lowest BCUT2D eigenvalue weighted by molar-refractivity contribution is -0.129. The molecule has 1 aromatic heterocycles. The largest absolute Gasteiger partial charge is 0.477 e. The number of alkyl halides is 2. The summed E-state index contributed by atoms with van der Waals surface area (Å²) in [6, 6.07) is -1.33. The monoisotopic (exact) mass is 216 g/mol. The van der Waals surface area contributed by atoms with Crippen molar-refractivity contribution in [1.29, 1.82) is 0 Å². The minimum Gasteiger partial charge on any atom is -0.477 e. The lowest BCUT2D eigenvalue weighted by atomic mass is 9.93. The van der Waals surface area contributed by atoms with E-state index in [0.717, 1.165) is 0 Å². The van der Waals surface area contributed by atoms with Crippen LogP contribution < -0.4 is 4.74 Å². The van der Waals surface area contributed by atoms with Gasteiger partial charge < -0.3 is 4.74 Å². The van der Waals surface area contributed by atoms with E-state index in [2.05, 4.69) is 5.10 Å². The molecule has 0 amide bonds. The third-order valence-electron chi connectivity index (χ3n) is 2.41. The summed E-state index contributed by atoms with van der Waals surface area (Å²) in [7, 11) is 0. The molecule has 2 rings (SSSR count). The normalized spacial score (nSPS) is 19.5. The van der Waals surface area contributed by atoms with Crippen LogP contribution in [0, 0.1) is 0 Å². The van der Waals surface area contributed by atoms with Gasteiger partial charge in [0.1, 0.15) is 0 Å². The fraction of sp³-hybridized carbons (Fsp3) is 0.700. The maximum atomic E-state index is 13.4. The summed E-state index contributed by atoms with van der Waals surface area (Å²) in [6.45, 7) is 5.83. The Hall–Kier alpha value is -1.13. The average molecular weight is 216 g/mol. The van der Waals surface area contributed by atoms with Crippen molar-refractivity contribution < 1.29 is 13.5 Å². The number of aromatic nitrogens is 2. The molecular weight excluding hydrogens is 202 g/mol. The number of hydrogen-bond acceptors (Lipinski definition) is 2. The molecule has 0 bridgehead atoms. The van der Waals surface area contributed by atoms with Gasteiger partial charge >= 0.3 is 6.05 Å². The Balaban J connectivity index is 2.47. The van der Waals surface area contributed by atoms with Crippen LogP contribution in [-0.4, -0.2) is 16.4 Å². The van der Waals surface area contributed by atoms with E-state index >= 15 is 0 Å². The zero-order valence-electron chi connectivity index (χ0n) is 9.05. The number of rotatable bonds is 0. The summed E-state index contributed by atoms with van der Waals surface area (Å²) in [5.74, 6) is 0.163. The van der Waals surface area contributed by atoms with E-state index in [-0.39, 0.29) is 24.3 Å². The van der Waals surface area contributed by atoms with Gasteiger partial charge in [0, 0.05) is 11.5 Å². The number of halogens is 2.